The molecule has 3 N–H and O–H groups in total. The van der Waals surface area contributed by atoms with E-state index in [1.165, 1.54) is 10.6 Å². The Balaban J connectivity index is 2.09. The quantitative estimate of drug-likeness (QED) is 0.399. The van der Waals surface area contributed by atoms with Gasteiger partial charge in [0.15, 0.2) is 0 Å². The van der Waals surface area contributed by atoms with Crippen LogP contribution in [0.5, 0.6) is 0 Å². The molecular weight excluding hydrogens is 413 g/mol. The average molecular weight is 443 g/mol. The van der Waals surface area contributed by atoms with Gasteiger partial charge in [0, 0.05) is 24.7 Å². The van der Waals surface area contributed by atoms with Gasteiger partial charge in [0.2, 0.25) is 5.91 Å². The monoisotopic (exact) mass is 443 g/mol. The number of rotatable bonds is 9. The minimum atomic E-state index is -1.18. The van der Waals surface area contributed by atoms with Crippen LogP contribution in [0.1, 0.15) is 31.7 Å². The van der Waals surface area contributed by atoms with Crippen molar-refractivity contribution in [1.29, 1.82) is 0 Å². The molecule has 1 aliphatic heterocycles. The highest BCUT2D eigenvalue weighted by molar-refractivity contribution is 7.28. The number of anilines is 1. The molecule has 2 unspecified atom stereocenters. The largest absolute Gasteiger partial charge is 0.388 e. The van der Waals surface area contributed by atoms with Crippen LogP contribution in [0.15, 0.2) is 53.6 Å². The van der Waals surface area contributed by atoms with Crippen molar-refractivity contribution in [2.45, 2.75) is 38.7 Å². The number of aliphatic hydroxyl groups excluding tert-OH is 1. The SMILES string of the molecule is CNc1cccc(CCC2=C\CN(NC(=O)CCC(O)C=O)C(=O)/C(C)=C/C=C\2)c1P. The second kappa shape index (κ2) is 12.2. The lowest BCUT2D eigenvalue weighted by Crippen LogP contribution is -2.46. The standard InChI is InChI=1S/C23H30N3O4P/c1-16-5-3-6-17(9-10-18-7-4-8-20(24-2)22(18)31)13-14-26(23(16)30)25-21(29)12-11-19(28)15-27/h3-8,13,15,19,24,28H,9-12,14,31H2,1-2H3,(H,25,29)/b6-3-,16-5+,17-13-. The number of nitrogens with zero attached hydrogens (tertiary/aromatic N) is 1. The Bertz CT molecular complexity index is 908. The zero-order chi connectivity index (χ0) is 22.8. The van der Waals surface area contributed by atoms with Gasteiger partial charge in [-0.15, -0.1) is 9.24 Å². The molecule has 2 rings (SSSR count). The van der Waals surface area contributed by atoms with Crippen LogP contribution < -0.4 is 16.0 Å². The van der Waals surface area contributed by atoms with Crippen molar-refractivity contribution >= 4 is 38.3 Å². The Labute approximate surface area is 185 Å². The van der Waals surface area contributed by atoms with E-state index in [0.717, 1.165) is 29.4 Å². The number of allylic oxidation sites excluding steroid dienone is 4. The second-order valence-corrected chi connectivity index (χ2v) is 7.89. The highest BCUT2D eigenvalue weighted by Gasteiger charge is 2.18. The molecule has 1 aromatic carbocycles. The van der Waals surface area contributed by atoms with Gasteiger partial charge in [-0.25, -0.2) is 5.01 Å². The third-order valence-electron chi connectivity index (χ3n) is 5.01. The van der Waals surface area contributed by atoms with Gasteiger partial charge in [-0.05, 0) is 48.7 Å². The first-order valence-electron chi connectivity index (χ1n) is 10.2. The summed E-state index contributed by atoms with van der Waals surface area (Å²) in [5.74, 6) is -0.735. The fraction of sp³-hybridized carbons (Fsp3) is 0.348. The molecule has 2 atom stereocenters. The van der Waals surface area contributed by atoms with E-state index in [0.29, 0.717) is 11.9 Å². The summed E-state index contributed by atoms with van der Waals surface area (Å²) in [6.45, 7) is 1.91. The van der Waals surface area contributed by atoms with Gasteiger partial charge >= 0.3 is 0 Å². The van der Waals surface area contributed by atoms with Crippen LogP contribution in [0.2, 0.25) is 0 Å². The van der Waals surface area contributed by atoms with E-state index < -0.39 is 12.0 Å². The average Bonchev–Trinajstić information content (AvgIpc) is 2.83. The lowest BCUT2D eigenvalue weighted by atomic mass is 10.0. The first-order chi connectivity index (χ1) is 14.8. The zero-order valence-corrected chi connectivity index (χ0v) is 19.1. The Kier molecular flexibility index (Phi) is 9.63. The second-order valence-electron chi connectivity index (χ2n) is 7.31. The molecule has 166 valence electrons. The van der Waals surface area contributed by atoms with Gasteiger partial charge in [-0.1, -0.05) is 36.4 Å². The maximum Gasteiger partial charge on any atom is 0.268 e. The van der Waals surface area contributed by atoms with Crippen LogP contribution in [0, 0.1) is 0 Å². The van der Waals surface area contributed by atoms with E-state index in [4.69, 9.17) is 0 Å². The number of hydrogen-bond donors (Lipinski definition) is 3. The van der Waals surface area contributed by atoms with Gasteiger partial charge in [0.05, 0.1) is 6.54 Å². The fourth-order valence-electron chi connectivity index (χ4n) is 3.12. The molecule has 0 saturated heterocycles. The fourth-order valence-corrected chi connectivity index (χ4v) is 3.60. The minimum absolute atomic E-state index is 0.0118. The summed E-state index contributed by atoms with van der Waals surface area (Å²) in [5.41, 5.74) is 6.41. The summed E-state index contributed by atoms with van der Waals surface area (Å²) in [7, 11) is 4.68. The normalized spacial score (nSPS) is 19.6. The summed E-state index contributed by atoms with van der Waals surface area (Å²) < 4.78 is 0. The highest BCUT2D eigenvalue weighted by atomic mass is 31.0. The van der Waals surface area contributed by atoms with Gasteiger partial charge in [-0.3, -0.25) is 15.0 Å². The predicted molar refractivity (Wildman–Crippen MR) is 126 cm³/mol. The van der Waals surface area contributed by atoms with Crippen LogP contribution in [-0.4, -0.2) is 47.9 Å². The molecule has 0 bridgehead atoms. The molecule has 8 heteroatoms. The van der Waals surface area contributed by atoms with E-state index in [1.807, 2.05) is 37.4 Å². The van der Waals surface area contributed by atoms with Gasteiger partial charge < -0.3 is 15.2 Å². The molecule has 0 aromatic heterocycles. The number of hydrazine groups is 1. The van der Waals surface area contributed by atoms with Crippen LogP contribution >= 0.6 is 9.24 Å². The third kappa shape index (κ3) is 7.46. The molecule has 0 aliphatic carbocycles. The molecule has 1 aliphatic rings. The summed E-state index contributed by atoms with van der Waals surface area (Å²) in [6, 6.07) is 6.14. The predicted octanol–water partition coefficient (Wildman–Crippen LogP) is 1.80. The van der Waals surface area contributed by atoms with E-state index >= 15 is 0 Å². The molecular formula is C23H30N3O4P. The summed E-state index contributed by atoms with van der Waals surface area (Å²) in [4.78, 5) is 35.3. The van der Waals surface area contributed by atoms with Gasteiger partial charge in [0.1, 0.15) is 12.4 Å². The molecule has 1 heterocycles. The van der Waals surface area contributed by atoms with Crippen LogP contribution in [0.3, 0.4) is 0 Å². The first kappa shape index (κ1) is 24.5. The van der Waals surface area contributed by atoms with Crippen molar-refractivity contribution in [1.82, 2.24) is 10.4 Å². The summed E-state index contributed by atoms with van der Waals surface area (Å²) >= 11 is 0. The van der Waals surface area contributed by atoms with Crippen molar-refractivity contribution in [3.05, 3.63) is 59.2 Å². The van der Waals surface area contributed by atoms with Crippen molar-refractivity contribution in [2.24, 2.45) is 0 Å². The molecule has 7 nitrogen and oxygen atoms in total. The Hall–Kier alpha value is -2.76. The lowest BCUT2D eigenvalue weighted by molar-refractivity contribution is -0.138. The number of aryl methyl sites for hydroxylation is 1. The van der Waals surface area contributed by atoms with E-state index in [-0.39, 0.29) is 25.3 Å². The summed E-state index contributed by atoms with van der Waals surface area (Å²) in [6.07, 6.45) is 8.24. The number of aliphatic hydroxyl groups is 1. The number of benzene rings is 1. The number of hydrogen-bond acceptors (Lipinski definition) is 5. The maximum atomic E-state index is 12.6. The Morgan fingerprint density at radius 1 is 1.35 bits per heavy atom. The molecule has 2 amide bonds. The van der Waals surface area contributed by atoms with Crippen LogP contribution in [0.25, 0.3) is 0 Å². The van der Waals surface area contributed by atoms with Crippen LogP contribution in [0.4, 0.5) is 5.69 Å². The van der Waals surface area contributed by atoms with Crippen LogP contribution in [-0.2, 0) is 20.8 Å². The summed E-state index contributed by atoms with van der Waals surface area (Å²) in [5, 5.41) is 14.9. The van der Waals surface area contributed by atoms with Crippen molar-refractivity contribution in [3.8, 4) is 0 Å². The first-order valence-corrected chi connectivity index (χ1v) is 10.8. The molecule has 0 radical (unpaired) electrons. The van der Waals surface area contributed by atoms with E-state index in [1.54, 1.807) is 13.0 Å². The molecule has 31 heavy (non-hydrogen) atoms. The number of carbonyl (C=O) groups excluding carboxylic acids is 3. The van der Waals surface area contributed by atoms with Crippen molar-refractivity contribution in [3.63, 3.8) is 0 Å². The Morgan fingerprint density at radius 2 is 2.13 bits per heavy atom. The molecule has 0 saturated carbocycles. The van der Waals surface area contributed by atoms with E-state index in [2.05, 4.69) is 26.0 Å². The number of nitrogens with one attached hydrogen (secondary N) is 2. The van der Waals surface area contributed by atoms with Crippen molar-refractivity contribution in [2.75, 3.05) is 18.9 Å². The van der Waals surface area contributed by atoms with Gasteiger partial charge in [0.25, 0.3) is 5.91 Å². The van der Waals surface area contributed by atoms with Crippen molar-refractivity contribution < 1.29 is 19.5 Å². The molecule has 0 spiro atoms. The number of carbonyl (C=O) groups is 3. The smallest absolute Gasteiger partial charge is 0.268 e. The molecule has 0 fully saturated rings. The van der Waals surface area contributed by atoms with E-state index in [9.17, 15) is 19.5 Å². The highest BCUT2D eigenvalue weighted by Crippen LogP contribution is 2.17. The lowest BCUT2D eigenvalue weighted by Gasteiger charge is -2.22. The maximum absolute atomic E-state index is 12.6. The van der Waals surface area contributed by atoms with Gasteiger partial charge in [-0.2, -0.15) is 0 Å². The molecule has 1 aromatic rings. The topological polar surface area (TPSA) is 98.7 Å². The Morgan fingerprint density at radius 3 is 2.84 bits per heavy atom. The number of aldehydes is 1. The third-order valence-corrected chi connectivity index (χ3v) is 5.69. The zero-order valence-electron chi connectivity index (χ0n) is 17.9. The number of amides is 2. The minimum Gasteiger partial charge on any atom is -0.388 e.